The smallest absolute Gasteiger partial charge is 0.122 e. The minimum absolute atomic E-state index is 0.0348. The van der Waals surface area contributed by atoms with Crippen LogP contribution in [0.3, 0.4) is 0 Å². The van der Waals surface area contributed by atoms with Crippen molar-refractivity contribution in [1.82, 2.24) is 19.4 Å². The predicted octanol–water partition coefficient (Wildman–Crippen LogP) is 1.85. The first kappa shape index (κ1) is 17.5. The summed E-state index contributed by atoms with van der Waals surface area (Å²) in [5, 5.41) is 17.9. The Morgan fingerprint density at radius 2 is 2.22 bits per heavy atom. The second kappa shape index (κ2) is 8.67. The molecule has 1 saturated heterocycles. The van der Waals surface area contributed by atoms with E-state index >= 15 is 0 Å². The van der Waals surface area contributed by atoms with Crippen LogP contribution in [0.1, 0.15) is 32.5 Å². The molecule has 0 N–H and O–H groups in total. The van der Waals surface area contributed by atoms with E-state index in [2.05, 4.69) is 45.3 Å². The number of nitriles is 2. The Hall–Kier alpha value is -1.89. The van der Waals surface area contributed by atoms with Gasteiger partial charge in [0.05, 0.1) is 24.6 Å². The largest absolute Gasteiger partial charge is 0.334 e. The number of imidazole rings is 1. The van der Waals surface area contributed by atoms with E-state index in [9.17, 15) is 5.26 Å². The van der Waals surface area contributed by atoms with E-state index in [0.717, 1.165) is 45.1 Å². The lowest BCUT2D eigenvalue weighted by atomic mass is 10.0. The molecular weight excluding hydrogens is 288 g/mol. The van der Waals surface area contributed by atoms with Gasteiger partial charge in [0.25, 0.3) is 0 Å². The van der Waals surface area contributed by atoms with E-state index in [1.807, 2.05) is 12.4 Å². The van der Waals surface area contributed by atoms with Crippen molar-refractivity contribution < 1.29 is 0 Å². The van der Waals surface area contributed by atoms with Gasteiger partial charge in [-0.05, 0) is 20.3 Å². The van der Waals surface area contributed by atoms with E-state index in [0.29, 0.717) is 18.9 Å². The zero-order chi connectivity index (χ0) is 16.7. The average Bonchev–Trinajstić information content (AvgIpc) is 3.01. The standard InChI is InChI=1S/C17H26N6/c1-3-22-8-7-20-17(22)14-23-10-9-21(12-15(23)2)13-16(11-19)5-4-6-18/h7-8,15-16H,3-5,9-10,12-14H2,1-2H3/t15-,16-/m1/s1. The first-order valence-corrected chi connectivity index (χ1v) is 8.40. The normalized spacial score (nSPS) is 20.8. The number of hydrogen-bond donors (Lipinski definition) is 0. The number of piperazine rings is 1. The maximum absolute atomic E-state index is 9.22. The summed E-state index contributed by atoms with van der Waals surface area (Å²) in [6.07, 6.45) is 5.04. The highest BCUT2D eigenvalue weighted by Gasteiger charge is 2.26. The summed E-state index contributed by atoms with van der Waals surface area (Å²) in [4.78, 5) is 9.28. The predicted molar refractivity (Wildman–Crippen MR) is 88.2 cm³/mol. The Labute approximate surface area is 138 Å². The van der Waals surface area contributed by atoms with Crippen LogP contribution in [0, 0.1) is 28.6 Å². The van der Waals surface area contributed by atoms with E-state index < -0.39 is 0 Å². The van der Waals surface area contributed by atoms with Crippen molar-refractivity contribution in [3.05, 3.63) is 18.2 Å². The third-order valence-electron chi connectivity index (χ3n) is 4.60. The summed E-state index contributed by atoms with van der Waals surface area (Å²) in [6, 6.07) is 4.92. The van der Waals surface area contributed by atoms with Crippen molar-refractivity contribution in [2.75, 3.05) is 26.2 Å². The summed E-state index contributed by atoms with van der Waals surface area (Å²) in [5.41, 5.74) is 0. The van der Waals surface area contributed by atoms with Gasteiger partial charge in [-0.1, -0.05) is 0 Å². The Bertz CT molecular complexity index is 566. The molecule has 0 unspecified atom stereocenters. The summed E-state index contributed by atoms with van der Waals surface area (Å²) in [6.45, 7) is 9.92. The third kappa shape index (κ3) is 4.79. The lowest BCUT2D eigenvalue weighted by Gasteiger charge is -2.40. The summed E-state index contributed by atoms with van der Waals surface area (Å²) in [5.74, 6) is 1.09. The van der Waals surface area contributed by atoms with Crippen LogP contribution in [0.4, 0.5) is 0 Å². The van der Waals surface area contributed by atoms with Crippen LogP contribution in [0.2, 0.25) is 0 Å². The quantitative estimate of drug-likeness (QED) is 0.768. The van der Waals surface area contributed by atoms with Gasteiger partial charge in [0.1, 0.15) is 5.82 Å². The number of hydrogen-bond acceptors (Lipinski definition) is 5. The van der Waals surface area contributed by atoms with Crippen molar-refractivity contribution in [3.63, 3.8) is 0 Å². The van der Waals surface area contributed by atoms with Crippen molar-refractivity contribution in [1.29, 1.82) is 10.5 Å². The van der Waals surface area contributed by atoms with Crippen LogP contribution in [-0.4, -0.2) is 51.6 Å². The first-order valence-electron chi connectivity index (χ1n) is 8.40. The Kier molecular flexibility index (Phi) is 6.58. The average molecular weight is 314 g/mol. The zero-order valence-corrected chi connectivity index (χ0v) is 14.1. The molecule has 1 aromatic heterocycles. The molecule has 2 heterocycles. The molecular formula is C17H26N6. The maximum Gasteiger partial charge on any atom is 0.122 e. The molecule has 2 atom stereocenters. The lowest BCUT2D eigenvalue weighted by Crippen LogP contribution is -2.52. The van der Waals surface area contributed by atoms with Gasteiger partial charge in [0.15, 0.2) is 0 Å². The van der Waals surface area contributed by atoms with Crippen molar-refractivity contribution >= 4 is 0 Å². The topological polar surface area (TPSA) is 71.9 Å². The van der Waals surface area contributed by atoms with E-state index in [1.54, 1.807) is 0 Å². The van der Waals surface area contributed by atoms with Gasteiger partial charge in [0, 0.05) is 57.6 Å². The SMILES string of the molecule is CCn1ccnc1CN1CCN(C[C@@H](C#N)CCC#N)C[C@H]1C. The van der Waals surface area contributed by atoms with E-state index in [1.165, 1.54) is 0 Å². The molecule has 1 aromatic rings. The monoisotopic (exact) mass is 314 g/mol. The molecule has 0 radical (unpaired) electrons. The van der Waals surface area contributed by atoms with Crippen LogP contribution in [0.5, 0.6) is 0 Å². The van der Waals surface area contributed by atoms with E-state index in [4.69, 9.17) is 5.26 Å². The fourth-order valence-corrected chi connectivity index (χ4v) is 3.18. The number of rotatable bonds is 7. The highest BCUT2D eigenvalue weighted by molar-refractivity contribution is 4.95. The van der Waals surface area contributed by atoms with Crippen molar-refractivity contribution in [2.45, 2.75) is 45.8 Å². The number of aryl methyl sites for hydroxylation is 1. The van der Waals surface area contributed by atoms with Crippen molar-refractivity contribution in [2.24, 2.45) is 5.92 Å². The summed E-state index contributed by atoms with van der Waals surface area (Å²) < 4.78 is 2.19. The Morgan fingerprint density at radius 3 is 2.87 bits per heavy atom. The van der Waals surface area contributed by atoms with Crippen LogP contribution in [-0.2, 0) is 13.1 Å². The van der Waals surface area contributed by atoms with Gasteiger partial charge in [-0.15, -0.1) is 0 Å². The molecule has 0 aliphatic carbocycles. The van der Waals surface area contributed by atoms with Gasteiger partial charge in [-0.3, -0.25) is 9.80 Å². The van der Waals surface area contributed by atoms with Crippen molar-refractivity contribution in [3.8, 4) is 12.1 Å². The van der Waals surface area contributed by atoms with Gasteiger partial charge in [-0.2, -0.15) is 10.5 Å². The van der Waals surface area contributed by atoms with E-state index in [-0.39, 0.29) is 5.92 Å². The highest BCUT2D eigenvalue weighted by atomic mass is 15.3. The Balaban J connectivity index is 1.85. The number of aromatic nitrogens is 2. The molecule has 124 valence electrons. The summed E-state index contributed by atoms with van der Waals surface area (Å²) in [7, 11) is 0. The molecule has 0 aromatic carbocycles. The first-order chi connectivity index (χ1) is 11.2. The Morgan fingerprint density at radius 1 is 1.39 bits per heavy atom. The van der Waals surface area contributed by atoms with Crippen LogP contribution in [0.15, 0.2) is 12.4 Å². The molecule has 2 rings (SSSR count). The molecule has 1 aliphatic heterocycles. The lowest BCUT2D eigenvalue weighted by molar-refractivity contribution is 0.0689. The fraction of sp³-hybridized carbons (Fsp3) is 0.706. The molecule has 6 heteroatoms. The van der Waals surface area contributed by atoms with Gasteiger partial charge < -0.3 is 4.57 Å². The molecule has 23 heavy (non-hydrogen) atoms. The molecule has 6 nitrogen and oxygen atoms in total. The molecule has 0 bridgehead atoms. The van der Waals surface area contributed by atoms with Gasteiger partial charge in [-0.25, -0.2) is 4.98 Å². The van der Waals surface area contributed by atoms with Gasteiger partial charge in [0.2, 0.25) is 0 Å². The second-order valence-electron chi connectivity index (χ2n) is 6.23. The third-order valence-corrected chi connectivity index (χ3v) is 4.60. The molecule has 1 fully saturated rings. The maximum atomic E-state index is 9.22. The highest BCUT2D eigenvalue weighted by Crippen LogP contribution is 2.16. The molecule has 1 aliphatic rings. The van der Waals surface area contributed by atoms with Gasteiger partial charge >= 0.3 is 0 Å². The second-order valence-corrected chi connectivity index (χ2v) is 6.23. The molecule has 0 saturated carbocycles. The van der Waals surface area contributed by atoms with Crippen LogP contribution < -0.4 is 0 Å². The molecule has 0 spiro atoms. The number of nitrogens with zero attached hydrogens (tertiary/aromatic N) is 6. The summed E-state index contributed by atoms with van der Waals surface area (Å²) >= 11 is 0. The minimum Gasteiger partial charge on any atom is -0.334 e. The van der Waals surface area contributed by atoms with Crippen LogP contribution in [0.25, 0.3) is 0 Å². The molecule has 0 amide bonds. The fourth-order valence-electron chi connectivity index (χ4n) is 3.18. The van der Waals surface area contributed by atoms with Crippen LogP contribution >= 0.6 is 0 Å². The minimum atomic E-state index is -0.0348. The zero-order valence-electron chi connectivity index (χ0n) is 14.1.